The highest BCUT2D eigenvalue weighted by Gasteiger charge is 2.11. The van der Waals surface area contributed by atoms with Gasteiger partial charge in [0, 0.05) is 17.5 Å². The Hall–Kier alpha value is -4.59. The lowest BCUT2D eigenvalue weighted by Gasteiger charge is -2.08. The van der Waals surface area contributed by atoms with E-state index in [-0.39, 0.29) is 18.8 Å². The van der Waals surface area contributed by atoms with E-state index in [9.17, 15) is 14.4 Å². The largest absolute Gasteiger partial charge is 0.458 e. The van der Waals surface area contributed by atoms with Gasteiger partial charge in [0.25, 0.3) is 0 Å². The molecular weight excluding hydrogens is 484 g/mol. The number of benzene rings is 3. The molecule has 0 aliphatic rings. The van der Waals surface area contributed by atoms with Gasteiger partial charge in [-0.1, -0.05) is 44.0 Å². The van der Waals surface area contributed by atoms with Gasteiger partial charge in [0.1, 0.15) is 19.0 Å². The SMILES string of the molecule is CCCCCc1ccc(OC(=O)C=Cc2ccc(C(=O)OCCOC(=O)c3cc(N)cc(N)c3)cc2)cc1. The molecule has 0 aromatic heterocycles. The van der Waals surface area contributed by atoms with Crippen LogP contribution >= 0.6 is 0 Å². The Morgan fingerprint density at radius 1 is 0.763 bits per heavy atom. The second kappa shape index (κ2) is 14.2. The highest BCUT2D eigenvalue weighted by molar-refractivity contribution is 5.92. The summed E-state index contributed by atoms with van der Waals surface area (Å²) in [5.74, 6) is -1.20. The fourth-order valence-electron chi connectivity index (χ4n) is 3.58. The minimum atomic E-state index is -0.617. The van der Waals surface area contributed by atoms with Crippen molar-refractivity contribution in [2.24, 2.45) is 0 Å². The van der Waals surface area contributed by atoms with Gasteiger partial charge in [-0.3, -0.25) is 0 Å². The van der Waals surface area contributed by atoms with Gasteiger partial charge in [-0.15, -0.1) is 0 Å². The first-order chi connectivity index (χ1) is 18.3. The number of unbranched alkanes of at least 4 members (excludes halogenated alkanes) is 2. The molecule has 0 saturated carbocycles. The minimum Gasteiger partial charge on any atom is -0.458 e. The van der Waals surface area contributed by atoms with Crippen LogP contribution in [-0.2, 0) is 20.7 Å². The van der Waals surface area contributed by atoms with E-state index < -0.39 is 17.9 Å². The lowest BCUT2D eigenvalue weighted by atomic mass is 10.1. The Morgan fingerprint density at radius 3 is 1.97 bits per heavy atom. The monoisotopic (exact) mass is 516 g/mol. The Labute approximate surface area is 222 Å². The fraction of sp³-hybridized carbons (Fsp3) is 0.233. The van der Waals surface area contributed by atoms with Crippen LogP contribution in [0.15, 0.2) is 72.8 Å². The highest BCUT2D eigenvalue weighted by Crippen LogP contribution is 2.16. The fourth-order valence-corrected chi connectivity index (χ4v) is 3.58. The van der Waals surface area contributed by atoms with Crippen LogP contribution in [0.25, 0.3) is 6.08 Å². The van der Waals surface area contributed by atoms with Crippen LogP contribution in [0, 0.1) is 0 Å². The van der Waals surface area contributed by atoms with Crippen LogP contribution in [0.3, 0.4) is 0 Å². The van der Waals surface area contributed by atoms with Crippen molar-refractivity contribution >= 4 is 35.4 Å². The Kier molecular flexibility index (Phi) is 10.5. The number of hydrogen-bond donors (Lipinski definition) is 2. The topological polar surface area (TPSA) is 131 Å². The van der Waals surface area contributed by atoms with Gasteiger partial charge in [-0.05, 0) is 72.5 Å². The molecule has 8 heteroatoms. The molecule has 0 amide bonds. The van der Waals surface area contributed by atoms with E-state index in [1.807, 2.05) is 12.1 Å². The van der Waals surface area contributed by atoms with Crippen molar-refractivity contribution in [1.29, 1.82) is 0 Å². The van der Waals surface area contributed by atoms with E-state index >= 15 is 0 Å². The van der Waals surface area contributed by atoms with Crippen molar-refractivity contribution in [2.45, 2.75) is 32.6 Å². The molecule has 8 nitrogen and oxygen atoms in total. The molecule has 4 N–H and O–H groups in total. The van der Waals surface area contributed by atoms with Crippen molar-refractivity contribution in [3.8, 4) is 5.75 Å². The third kappa shape index (κ3) is 9.13. The Balaban J connectivity index is 1.40. The number of ether oxygens (including phenoxy) is 3. The van der Waals surface area contributed by atoms with E-state index in [1.54, 1.807) is 42.5 Å². The molecule has 0 bridgehead atoms. The number of anilines is 2. The molecule has 3 aromatic rings. The number of carbonyl (C=O) groups excluding carboxylic acids is 3. The molecule has 0 heterocycles. The normalized spacial score (nSPS) is 10.8. The molecule has 0 saturated heterocycles. The molecule has 38 heavy (non-hydrogen) atoms. The maximum atomic E-state index is 12.2. The first-order valence-electron chi connectivity index (χ1n) is 12.4. The molecule has 198 valence electrons. The van der Waals surface area contributed by atoms with E-state index in [0.717, 1.165) is 12.8 Å². The number of esters is 3. The third-order valence-electron chi connectivity index (χ3n) is 5.53. The molecule has 3 aromatic carbocycles. The molecule has 0 spiro atoms. The molecule has 0 aliphatic carbocycles. The van der Waals surface area contributed by atoms with Crippen molar-refractivity contribution in [3.63, 3.8) is 0 Å². The van der Waals surface area contributed by atoms with Gasteiger partial charge in [0.05, 0.1) is 11.1 Å². The van der Waals surface area contributed by atoms with Crippen LogP contribution in [0.5, 0.6) is 5.75 Å². The van der Waals surface area contributed by atoms with E-state index in [2.05, 4.69) is 6.92 Å². The van der Waals surface area contributed by atoms with Gasteiger partial charge in [-0.2, -0.15) is 0 Å². The van der Waals surface area contributed by atoms with Crippen LogP contribution < -0.4 is 16.2 Å². The van der Waals surface area contributed by atoms with E-state index in [0.29, 0.717) is 28.3 Å². The quantitative estimate of drug-likeness (QED) is 0.110. The number of hydrogen-bond acceptors (Lipinski definition) is 8. The van der Waals surface area contributed by atoms with Gasteiger partial charge >= 0.3 is 17.9 Å². The second-order valence-electron chi connectivity index (χ2n) is 8.64. The smallest absolute Gasteiger partial charge is 0.338 e. The maximum Gasteiger partial charge on any atom is 0.338 e. The van der Waals surface area contributed by atoms with Crippen molar-refractivity contribution in [3.05, 3.63) is 95.1 Å². The predicted octanol–water partition coefficient (Wildman–Crippen LogP) is 5.22. The number of nitrogens with two attached hydrogens (primary N) is 2. The zero-order valence-electron chi connectivity index (χ0n) is 21.4. The average molecular weight is 517 g/mol. The minimum absolute atomic E-state index is 0.115. The number of nitrogen functional groups attached to an aromatic ring is 2. The first-order valence-corrected chi connectivity index (χ1v) is 12.4. The van der Waals surface area contributed by atoms with Crippen molar-refractivity contribution in [2.75, 3.05) is 24.7 Å². The first kappa shape index (κ1) is 28.0. The molecular formula is C30H32N2O6. The molecule has 0 radical (unpaired) electrons. The molecule has 0 aliphatic heterocycles. The van der Waals surface area contributed by atoms with Crippen molar-refractivity contribution < 1.29 is 28.6 Å². The summed E-state index contributed by atoms with van der Waals surface area (Å²) in [4.78, 5) is 36.4. The lowest BCUT2D eigenvalue weighted by molar-refractivity contribution is -0.128. The van der Waals surface area contributed by atoms with Crippen LogP contribution in [-0.4, -0.2) is 31.1 Å². The maximum absolute atomic E-state index is 12.2. The summed E-state index contributed by atoms with van der Waals surface area (Å²) in [6, 6.07) is 18.5. The summed E-state index contributed by atoms with van der Waals surface area (Å²) in [5.41, 5.74) is 14.5. The zero-order valence-corrected chi connectivity index (χ0v) is 21.4. The van der Waals surface area contributed by atoms with Crippen LogP contribution in [0.4, 0.5) is 11.4 Å². The summed E-state index contributed by atoms with van der Waals surface area (Å²) in [7, 11) is 0. The summed E-state index contributed by atoms with van der Waals surface area (Å²) in [5, 5.41) is 0. The van der Waals surface area contributed by atoms with Crippen LogP contribution in [0.1, 0.15) is 58.0 Å². The summed E-state index contributed by atoms with van der Waals surface area (Å²) < 4.78 is 15.6. The van der Waals surface area contributed by atoms with Gasteiger partial charge in [-0.25, -0.2) is 14.4 Å². The van der Waals surface area contributed by atoms with Gasteiger partial charge in [0.2, 0.25) is 0 Å². The summed E-state index contributed by atoms with van der Waals surface area (Å²) in [6.45, 7) is 1.93. The molecule has 3 rings (SSSR count). The van der Waals surface area contributed by atoms with Gasteiger partial charge < -0.3 is 25.7 Å². The second-order valence-corrected chi connectivity index (χ2v) is 8.64. The molecule has 0 unspecified atom stereocenters. The third-order valence-corrected chi connectivity index (χ3v) is 5.53. The molecule has 0 atom stereocenters. The Morgan fingerprint density at radius 2 is 1.37 bits per heavy atom. The van der Waals surface area contributed by atoms with E-state index in [4.69, 9.17) is 25.7 Å². The molecule has 0 fully saturated rings. The number of rotatable bonds is 12. The Bertz CT molecular complexity index is 1250. The average Bonchev–Trinajstić information content (AvgIpc) is 2.90. The highest BCUT2D eigenvalue weighted by atomic mass is 16.6. The standard InChI is InChI=1S/C30H32N2O6/c1-2-3-4-5-21-8-13-27(14-9-21)38-28(33)15-10-22-6-11-23(12-7-22)29(34)36-16-17-37-30(35)24-18-25(31)20-26(32)19-24/h6-15,18-20H,2-5,16-17,31-32H2,1H3. The lowest BCUT2D eigenvalue weighted by Crippen LogP contribution is -2.14. The zero-order chi connectivity index (χ0) is 27.3. The number of carbonyl (C=O) groups is 3. The number of aryl methyl sites for hydroxylation is 1. The summed E-state index contributed by atoms with van der Waals surface area (Å²) in [6.07, 6.45) is 7.45. The van der Waals surface area contributed by atoms with Crippen LogP contribution in [0.2, 0.25) is 0 Å². The van der Waals surface area contributed by atoms with E-state index in [1.165, 1.54) is 42.7 Å². The van der Waals surface area contributed by atoms with Crippen molar-refractivity contribution in [1.82, 2.24) is 0 Å². The summed E-state index contributed by atoms with van der Waals surface area (Å²) >= 11 is 0. The van der Waals surface area contributed by atoms with Gasteiger partial charge in [0.15, 0.2) is 0 Å². The predicted molar refractivity (Wildman–Crippen MR) is 147 cm³/mol.